The van der Waals surface area contributed by atoms with Gasteiger partial charge in [-0.25, -0.2) is 13.8 Å². The van der Waals surface area contributed by atoms with Crippen molar-refractivity contribution in [3.8, 4) is 11.1 Å². The van der Waals surface area contributed by atoms with Crippen LogP contribution in [0.5, 0.6) is 0 Å². The number of carbonyl (C=O) groups is 1. The first-order valence-corrected chi connectivity index (χ1v) is 6.42. The van der Waals surface area contributed by atoms with E-state index >= 15 is 0 Å². The second-order valence-corrected chi connectivity index (χ2v) is 5.00. The fraction of sp³-hybridized carbons (Fsp3) is 0.167. The molecule has 3 heterocycles. The van der Waals surface area contributed by atoms with Crippen LogP contribution >= 0.6 is 11.3 Å². The number of nitrogens with zero attached hydrogens (tertiary/aromatic N) is 1. The summed E-state index contributed by atoms with van der Waals surface area (Å²) in [5, 5.41) is 7.24. The van der Waals surface area contributed by atoms with Gasteiger partial charge < -0.3 is 10.6 Å². The largest absolute Gasteiger partial charge is 0.373 e. The predicted molar refractivity (Wildman–Crippen MR) is 69.6 cm³/mol. The maximum Gasteiger partial charge on any atom is 0.272 e. The summed E-state index contributed by atoms with van der Waals surface area (Å²) in [6, 6.07) is 3.25. The van der Waals surface area contributed by atoms with E-state index < -0.39 is 6.43 Å². The molecule has 0 radical (unpaired) electrons. The number of alkyl halides is 2. The maximum atomic E-state index is 12.5. The van der Waals surface area contributed by atoms with Gasteiger partial charge in [0, 0.05) is 11.8 Å². The summed E-state index contributed by atoms with van der Waals surface area (Å²) in [6.07, 6.45) is -0.898. The molecule has 2 aromatic heterocycles. The van der Waals surface area contributed by atoms with Crippen molar-refractivity contribution in [1.82, 2.24) is 4.98 Å². The molecule has 0 aliphatic carbocycles. The smallest absolute Gasteiger partial charge is 0.272 e. The van der Waals surface area contributed by atoms with Gasteiger partial charge in [-0.1, -0.05) is 0 Å². The van der Waals surface area contributed by atoms with Crippen LogP contribution < -0.4 is 10.6 Å². The monoisotopic (exact) mass is 281 g/mol. The topological polar surface area (TPSA) is 54.0 Å². The Morgan fingerprint density at radius 2 is 2.16 bits per heavy atom. The van der Waals surface area contributed by atoms with Gasteiger partial charge >= 0.3 is 0 Å². The first kappa shape index (κ1) is 12.0. The summed E-state index contributed by atoms with van der Waals surface area (Å²) in [5.41, 5.74) is 2.14. The van der Waals surface area contributed by atoms with Gasteiger partial charge in [-0.05, 0) is 23.1 Å². The third-order valence-electron chi connectivity index (χ3n) is 2.75. The molecule has 0 spiro atoms. The lowest BCUT2D eigenvalue weighted by atomic mass is 10.1. The molecule has 19 heavy (non-hydrogen) atoms. The first-order valence-electron chi connectivity index (χ1n) is 5.54. The van der Waals surface area contributed by atoms with Gasteiger partial charge in [0.05, 0.1) is 17.1 Å². The molecule has 1 amide bonds. The Bertz CT molecular complexity index is 642. The highest BCUT2D eigenvalue weighted by Crippen LogP contribution is 2.34. The lowest BCUT2D eigenvalue weighted by Gasteiger charge is -2.17. The van der Waals surface area contributed by atoms with Crippen LogP contribution in [0.1, 0.15) is 11.3 Å². The first-order chi connectivity index (χ1) is 9.13. The SMILES string of the molecule is O=C1CNc2cc(-c3csc(C(F)F)c3)cnc2N1. The van der Waals surface area contributed by atoms with Gasteiger partial charge in [-0.2, -0.15) is 0 Å². The van der Waals surface area contributed by atoms with E-state index in [1.807, 2.05) is 0 Å². The molecule has 2 N–H and O–H groups in total. The Labute approximate surface area is 111 Å². The fourth-order valence-corrected chi connectivity index (χ4v) is 2.59. The van der Waals surface area contributed by atoms with E-state index in [0.29, 0.717) is 17.1 Å². The Kier molecular flexibility index (Phi) is 2.90. The molecule has 0 fully saturated rings. The van der Waals surface area contributed by atoms with Crippen LogP contribution in [0, 0.1) is 0 Å². The Morgan fingerprint density at radius 1 is 1.32 bits per heavy atom. The predicted octanol–water partition coefficient (Wildman–Crippen LogP) is 3.11. The number of nitrogens with one attached hydrogen (secondary N) is 2. The summed E-state index contributed by atoms with van der Waals surface area (Å²) in [7, 11) is 0. The fourth-order valence-electron chi connectivity index (χ4n) is 1.83. The van der Waals surface area contributed by atoms with Crippen molar-refractivity contribution >= 4 is 28.7 Å². The number of aromatic nitrogens is 1. The minimum absolute atomic E-state index is 0.0361. The van der Waals surface area contributed by atoms with E-state index in [1.54, 1.807) is 17.6 Å². The molecule has 0 unspecified atom stereocenters. The molecule has 0 bridgehead atoms. The van der Waals surface area contributed by atoms with E-state index in [2.05, 4.69) is 15.6 Å². The average Bonchev–Trinajstić information content (AvgIpc) is 2.88. The summed E-state index contributed by atoms with van der Waals surface area (Å²) >= 11 is 1.02. The van der Waals surface area contributed by atoms with Gasteiger partial charge in [0.15, 0.2) is 5.82 Å². The van der Waals surface area contributed by atoms with Crippen LogP contribution in [0.2, 0.25) is 0 Å². The van der Waals surface area contributed by atoms with Crippen molar-refractivity contribution in [2.45, 2.75) is 6.43 Å². The molecule has 0 atom stereocenters. The van der Waals surface area contributed by atoms with Gasteiger partial charge in [-0.3, -0.25) is 4.79 Å². The lowest BCUT2D eigenvalue weighted by molar-refractivity contribution is -0.114. The van der Waals surface area contributed by atoms with E-state index in [0.717, 1.165) is 16.9 Å². The van der Waals surface area contributed by atoms with Crippen LogP contribution in [0.25, 0.3) is 11.1 Å². The van der Waals surface area contributed by atoms with Crippen LogP contribution in [-0.2, 0) is 4.79 Å². The van der Waals surface area contributed by atoms with Crippen molar-refractivity contribution in [3.05, 3.63) is 28.6 Å². The number of rotatable bonds is 2. The minimum Gasteiger partial charge on any atom is -0.373 e. The average molecular weight is 281 g/mol. The van der Waals surface area contributed by atoms with Crippen LogP contribution in [-0.4, -0.2) is 17.4 Å². The molecule has 0 saturated carbocycles. The number of thiophene rings is 1. The van der Waals surface area contributed by atoms with Crippen molar-refractivity contribution in [1.29, 1.82) is 0 Å². The summed E-state index contributed by atoms with van der Waals surface area (Å²) in [6.45, 7) is 0.185. The standard InChI is InChI=1S/C12H9F2N3OS/c13-11(14)9-2-7(5-19-9)6-1-8-12(16-3-6)17-10(18)4-15-8/h1-3,5,11,15H,4H2,(H,16,17,18). The van der Waals surface area contributed by atoms with E-state index in [9.17, 15) is 13.6 Å². The maximum absolute atomic E-state index is 12.5. The zero-order valence-electron chi connectivity index (χ0n) is 9.61. The molecule has 3 rings (SSSR count). The van der Waals surface area contributed by atoms with Gasteiger partial charge in [0.2, 0.25) is 5.91 Å². The van der Waals surface area contributed by atoms with Gasteiger partial charge in [0.1, 0.15) is 0 Å². The van der Waals surface area contributed by atoms with E-state index in [-0.39, 0.29) is 17.3 Å². The number of carbonyl (C=O) groups excluding carboxylic acids is 1. The Balaban J connectivity index is 1.95. The van der Waals surface area contributed by atoms with Gasteiger partial charge in [0.25, 0.3) is 6.43 Å². The number of amides is 1. The van der Waals surface area contributed by atoms with E-state index in [4.69, 9.17) is 0 Å². The zero-order valence-corrected chi connectivity index (χ0v) is 10.4. The molecule has 1 aliphatic heterocycles. The van der Waals surface area contributed by atoms with Gasteiger partial charge in [-0.15, -0.1) is 11.3 Å². The normalized spacial score (nSPS) is 13.9. The van der Waals surface area contributed by atoms with Crippen LogP contribution in [0.4, 0.5) is 20.3 Å². The summed E-state index contributed by atoms with van der Waals surface area (Å²) < 4.78 is 25.1. The molecular weight excluding hydrogens is 272 g/mol. The highest BCUT2D eigenvalue weighted by Gasteiger charge is 2.17. The molecule has 4 nitrogen and oxygen atoms in total. The summed E-state index contributed by atoms with van der Waals surface area (Å²) in [4.78, 5) is 15.3. The minimum atomic E-state index is -2.46. The zero-order chi connectivity index (χ0) is 13.4. The highest BCUT2D eigenvalue weighted by molar-refractivity contribution is 7.10. The molecule has 2 aromatic rings. The molecule has 98 valence electrons. The Hall–Kier alpha value is -2.02. The summed E-state index contributed by atoms with van der Waals surface area (Å²) in [5.74, 6) is 0.313. The second kappa shape index (κ2) is 4.58. The number of hydrogen-bond acceptors (Lipinski definition) is 4. The number of pyridine rings is 1. The number of anilines is 2. The van der Waals surface area contributed by atoms with E-state index in [1.165, 1.54) is 6.07 Å². The van der Waals surface area contributed by atoms with Crippen LogP contribution in [0.3, 0.4) is 0 Å². The van der Waals surface area contributed by atoms with Crippen molar-refractivity contribution < 1.29 is 13.6 Å². The molecule has 1 aliphatic rings. The molecule has 0 aromatic carbocycles. The molecular formula is C12H9F2N3OS. The molecule has 0 saturated heterocycles. The third kappa shape index (κ3) is 2.28. The van der Waals surface area contributed by atoms with Crippen LogP contribution in [0.15, 0.2) is 23.7 Å². The Morgan fingerprint density at radius 3 is 2.89 bits per heavy atom. The second-order valence-electron chi connectivity index (χ2n) is 4.06. The van der Waals surface area contributed by atoms with Crippen molar-refractivity contribution in [2.75, 3.05) is 17.2 Å². The molecule has 7 heteroatoms. The quantitative estimate of drug-likeness (QED) is 0.889. The van der Waals surface area contributed by atoms with Crippen molar-refractivity contribution in [2.24, 2.45) is 0 Å². The lowest BCUT2D eigenvalue weighted by Crippen LogP contribution is -2.28. The highest BCUT2D eigenvalue weighted by atomic mass is 32.1. The number of hydrogen-bond donors (Lipinski definition) is 2. The number of fused-ring (bicyclic) bond motifs is 1. The van der Waals surface area contributed by atoms with Crippen molar-refractivity contribution in [3.63, 3.8) is 0 Å². The third-order valence-corrected chi connectivity index (χ3v) is 3.69. The number of halogens is 2.